The molecule has 8 nitrogen and oxygen atoms in total. The van der Waals surface area contributed by atoms with Crippen LogP contribution in [0.15, 0.2) is 35.7 Å². The van der Waals surface area contributed by atoms with E-state index in [9.17, 15) is 10.1 Å². The SMILES string of the molecule is CN1CCc2c(sc3ncnc(N/N=C/c4ccc([N+](=O)[O-])cc4)c23)C1. The molecule has 1 aliphatic rings. The lowest BCUT2D eigenvalue weighted by Crippen LogP contribution is -2.25. The van der Waals surface area contributed by atoms with Gasteiger partial charge >= 0.3 is 0 Å². The van der Waals surface area contributed by atoms with Gasteiger partial charge in [0.15, 0.2) is 5.82 Å². The number of thiophene rings is 1. The minimum Gasteiger partial charge on any atom is -0.301 e. The fourth-order valence-corrected chi connectivity index (χ4v) is 4.26. The molecule has 132 valence electrons. The van der Waals surface area contributed by atoms with Gasteiger partial charge in [-0.15, -0.1) is 11.3 Å². The van der Waals surface area contributed by atoms with Crippen molar-refractivity contribution in [3.8, 4) is 0 Å². The van der Waals surface area contributed by atoms with Crippen molar-refractivity contribution in [2.75, 3.05) is 19.0 Å². The predicted molar refractivity (Wildman–Crippen MR) is 102 cm³/mol. The number of hydrogen-bond acceptors (Lipinski definition) is 8. The fourth-order valence-electron chi connectivity index (χ4n) is 2.99. The number of hydrogen-bond donors (Lipinski definition) is 1. The van der Waals surface area contributed by atoms with Crippen LogP contribution in [0.4, 0.5) is 11.5 Å². The zero-order valence-electron chi connectivity index (χ0n) is 14.0. The van der Waals surface area contributed by atoms with Gasteiger partial charge in [0, 0.05) is 30.1 Å². The van der Waals surface area contributed by atoms with E-state index in [4.69, 9.17) is 0 Å². The highest BCUT2D eigenvalue weighted by molar-refractivity contribution is 7.18. The molecule has 0 saturated heterocycles. The molecule has 3 heterocycles. The Kier molecular flexibility index (Phi) is 4.31. The molecule has 0 spiro atoms. The van der Waals surface area contributed by atoms with Crippen molar-refractivity contribution in [3.63, 3.8) is 0 Å². The van der Waals surface area contributed by atoms with Crippen LogP contribution in [0.2, 0.25) is 0 Å². The summed E-state index contributed by atoms with van der Waals surface area (Å²) in [5.74, 6) is 0.690. The third kappa shape index (κ3) is 3.14. The van der Waals surface area contributed by atoms with Crippen molar-refractivity contribution in [2.24, 2.45) is 5.10 Å². The number of benzene rings is 1. The van der Waals surface area contributed by atoms with Gasteiger partial charge in [0.05, 0.1) is 16.5 Å². The molecule has 0 amide bonds. The number of nitrogens with zero attached hydrogens (tertiary/aromatic N) is 5. The van der Waals surface area contributed by atoms with Gasteiger partial charge in [-0.3, -0.25) is 15.5 Å². The topological polar surface area (TPSA) is 96.6 Å². The van der Waals surface area contributed by atoms with Crippen molar-refractivity contribution in [2.45, 2.75) is 13.0 Å². The fraction of sp³-hybridized carbons (Fsp3) is 0.235. The van der Waals surface area contributed by atoms with Crippen molar-refractivity contribution >= 4 is 39.3 Å². The Bertz CT molecular complexity index is 998. The number of likely N-dealkylation sites (N-methyl/N-ethyl adjacent to an activating group) is 1. The van der Waals surface area contributed by atoms with E-state index >= 15 is 0 Å². The Morgan fingerprint density at radius 2 is 2.15 bits per heavy atom. The number of nitrogens with one attached hydrogen (secondary N) is 1. The van der Waals surface area contributed by atoms with Gasteiger partial charge in [-0.25, -0.2) is 9.97 Å². The monoisotopic (exact) mass is 368 g/mol. The number of nitro groups is 1. The standard InChI is InChI=1S/C17H16N6O2S/c1-22-7-6-13-14(9-22)26-17-15(13)16(18-10-19-17)21-20-8-11-2-4-12(5-3-11)23(24)25/h2-5,8,10H,6-7,9H2,1H3,(H,18,19,21)/b20-8+. The number of anilines is 1. The molecule has 0 saturated carbocycles. The lowest BCUT2D eigenvalue weighted by atomic mass is 10.1. The molecule has 4 rings (SSSR count). The number of aromatic nitrogens is 2. The highest BCUT2D eigenvalue weighted by atomic mass is 32.1. The van der Waals surface area contributed by atoms with Crippen LogP contribution >= 0.6 is 11.3 Å². The van der Waals surface area contributed by atoms with Crippen molar-refractivity contribution in [3.05, 3.63) is 56.7 Å². The van der Waals surface area contributed by atoms with Gasteiger partial charge < -0.3 is 4.90 Å². The highest BCUT2D eigenvalue weighted by Gasteiger charge is 2.21. The van der Waals surface area contributed by atoms with Gasteiger partial charge in [-0.1, -0.05) is 0 Å². The van der Waals surface area contributed by atoms with Gasteiger partial charge in [0.2, 0.25) is 0 Å². The molecule has 1 aliphatic heterocycles. The van der Waals surface area contributed by atoms with Gasteiger partial charge in [0.1, 0.15) is 11.2 Å². The lowest BCUT2D eigenvalue weighted by molar-refractivity contribution is -0.384. The Balaban J connectivity index is 1.58. The molecule has 0 atom stereocenters. The average Bonchev–Trinajstić information content (AvgIpc) is 3.00. The first-order chi connectivity index (χ1) is 12.6. The number of rotatable bonds is 4. The molecule has 26 heavy (non-hydrogen) atoms. The summed E-state index contributed by atoms with van der Waals surface area (Å²) >= 11 is 1.70. The molecule has 0 bridgehead atoms. The minimum absolute atomic E-state index is 0.0579. The van der Waals surface area contributed by atoms with E-state index in [0.717, 1.165) is 35.3 Å². The Morgan fingerprint density at radius 3 is 2.92 bits per heavy atom. The summed E-state index contributed by atoms with van der Waals surface area (Å²) in [5.41, 5.74) is 5.12. The summed E-state index contributed by atoms with van der Waals surface area (Å²) < 4.78 is 0. The predicted octanol–water partition coefficient (Wildman–Crippen LogP) is 3.03. The molecule has 0 unspecified atom stereocenters. The second-order valence-corrected chi connectivity index (χ2v) is 7.20. The largest absolute Gasteiger partial charge is 0.301 e. The third-order valence-corrected chi connectivity index (χ3v) is 5.44. The van der Waals surface area contributed by atoms with Gasteiger partial charge in [-0.05, 0) is 36.7 Å². The Labute approximate surface area is 153 Å². The summed E-state index contributed by atoms with van der Waals surface area (Å²) in [6.07, 6.45) is 4.13. The van der Waals surface area contributed by atoms with Gasteiger partial charge in [0.25, 0.3) is 5.69 Å². The van der Waals surface area contributed by atoms with Crippen LogP contribution in [-0.4, -0.2) is 39.6 Å². The van der Waals surface area contributed by atoms with Crippen molar-refractivity contribution in [1.82, 2.24) is 14.9 Å². The van der Waals surface area contributed by atoms with Gasteiger partial charge in [-0.2, -0.15) is 5.10 Å². The van der Waals surface area contributed by atoms with Crippen LogP contribution in [0, 0.1) is 10.1 Å². The maximum Gasteiger partial charge on any atom is 0.269 e. The van der Waals surface area contributed by atoms with E-state index in [2.05, 4.69) is 32.4 Å². The zero-order valence-corrected chi connectivity index (χ0v) is 14.9. The Hall–Kier alpha value is -2.91. The van der Waals surface area contributed by atoms with E-state index in [1.165, 1.54) is 28.9 Å². The molecular formula is C17H16N6O2S. The number of non-ortho nitro benzene ring substituents is 1. The molecule has 0 radical (unpaired) electrons. The average molecular weight is 368 g/mol. The van der Waals surface area contributed by atoms with Crippen LogP contribution in [-0.2, 0) is 13.0 Å². The molecule has 9 heteroatoms. The summed E-state index contributed by atoms with van der Waals surface area (Å²) in [6.45, 7) is 1.95. The van der Waals surface area contributed by atoms with Crippen LogP contribution in [0.25, 0.3) is 10.2 Å². The van der Waals surface area contributed by atoms with E-state index in [-0.39, 0.29) is 5.69 Å². The first kappa shape index (κ1) is 16.6. The second kappa shape index (κ2) is 6.77. The minimum atomic E-state index is -0.423. The van der Waals surface area contributed by atoms with E-state index in [0.29, 0.717) is 5.82 Å². The summed E-state index contributed by atoms with van der Waals surface area (Å²) in [4.78, 5) is 23.6. The summed E-state index contributed by atoms with van der Waals surface area (Å²) in [7, 11) is 2.12. The van der Waals surface area contributed by atoms with E-state index in [1.54, 1.807) is 29.7 Å². The Morgan fingerprint density at radius 1 is 1.35 bits per heavy atom. The van der Waals surface area contributed by atoms with Crippen molar-refractivity contribution in [1.29, 1.82) is 0 Å². The van der Waals surface area contributed by atoms with Crippen LogP contribution < -0.4 is 5.43 Å². The first-order valence-corrected chi connectivity index (χ1v) is 8.91. The normalized spacial score (nSPS) is 14.7. The summed E-state index contributed by atoms with van der Waals surface area (Å²) in [5, 5.41) is 16.0. The third-order valence-electron chi connectivity index (χ3n) is 4.32. The number of nitro benzene ring substituents is 1. The number of fused-ring (bicyclic) bond motifs is 3. The first-order valence-electron chi connectivity index (χ1n) is 8.09. The molecule has 2 aromatic heterocycles. The maximum absolute atomic E-state index is 10.7. The molecule has 1 N–H and O–H groups in total. The highest BCUT2D eigenvalue weighted by Crippen LogP contribution is 2.36. The smallest absolute Gasteiger partial charge is 0.269 e. The quantitative estimate of drug-likeness (QED) is 0.432. The van der Waals surface area contributed by atoms with E-state index < -0.39 is 4.92 Å². The second-order valence-electron chi connectivity index (χ2n) is 6.11. The number of hydrazone groups is 1. The molecule has 3 aromatic rings. The maximum atomic E-state index is 10.7. The lowest BCUT2D eigenvalue weighted by Gasteiger charge is -2.22. The van der Waals surface area contributed by atoms with Crippen LogP contribution in [0.5, 0.6) is 0 Å². The molecule has 0 aliphatic carbocycles. The van der Waals surface area contributed by atoms with E-state index in [1.807, 2.05) is 0 Å². The molecular weight excluding hydrogens is 352 g/mol. The zero-order chi connectivity index (χ0) is 18.1. The van der Waals surface area contributed by atoms with Crippen LogP contribution in [0.1, 0.15) is 16.0 Å². The van der Waals surface area contributed by atoms with Crippen LogP contribution in [0.3, 0.4) is 0 Å². The van der Waals surface area contributed by atoms with Crippen molar-refractivity contribution < 1.29 is 4.92 Å². The molecule has 0 fully saturated rings. The molecule has 1 aromatic carbocycles. The summed E-state index contributed by atoms with van der Waals surface area (Å²) in [6, 6.07) is 6.22.